The molecule has 3 heterocycles. The molecule has 9 heteroatoms. The molecule has 1 saturated heterocycles. The Hall–Kier alpha value is -3.20. The number of hydrogen-bond donors (Lipinski definition) is 2. The minimum atomic E-state index is -0.400. The Morgan fingerprint density at radius 2 is 1.97 bits per heavy atom. The van der Waals surface area contributed by atoms with Gasteiger partial charge in [0.05, 0.1) is 17.9 Å². The molecule has 0 unspecified atom stereocenters. The molecule has 1 fully saturated rings. The van der Waals surface area contributed by atoms with Crippen molar-refractivity contribution in [3.8, 4) is 17.0 Å². The van der Waals surface area contributed by atoms with Gasteiger partial charge in [-0.25, -0.2) is 9.37 Å². The quantitative estimate of drug-likeness (QED) is 0.498. The molecule has 0 saturated carbocycles. The van der Waals surface area contributed by atoms with E-state index in [4.69, 9.17) is 15.9 Å². The molecular weight excluding hydrogens is 433 g/mol. The van der Waals surface area contributed by atoms with Crippen molar-refractivity contribution in [3.05, 3.63) is 36.3 Å². The zero-order valence-corrected chi connectivity index (χ0v) is 20.4. The van der Waals surface area contributed by atoms with Gasteiger partial charge in [-0.3, -0.25) is 0 Å². The first-order chi connectivity index (χ1) is 16.2. The van der Waals surface area contributed by atoms with E-state index >= 15 is 0 Å². The van der Waals surface area contributed by atoms with Crippen LogP contribution in [0.2, 0.25) is 0 Å². The average Bonchev–Trinajstić information content (AvgIpc) is 3.17. The number of halogens is 1. The van der Waals surface area contributed by atoms with Crippen LogP contribution in [0.1, 0.15) is 26.7 Å². The summed E-state index contributed by atoms with van der Waals surface area (Å²) in [6.45, 7) is 7.34. The third kappa shape index (κ3) is 5.14. The second-order valence-corrected chi connectivity index (χ2v) is 9.38. The number of nitrogens with two attached hydrogens (primary N) is 1. The highest BCUT2D eigenvalue weighted by atomic mass is 19.1. The van der Waals surface area contributed by atoms with Crippen LogP contribution in [0.5, 0.6) is 5.75 Å². The van der Waals surface area contributed by atoms with Gasteiger partial charge in [0.2, 0.25) is 5.95 Å². The van der Waals surface area contributed by atoms with Gasteiger partial charge < -0.3 is 30.2 Å². The van der Waals surface area contributed by atoms with Gasteiger partial charge in [0.25, 0.3) is 0 Å². The Kier molecular flexibility index (Phi) is 7.02. The molecule has 8 nitrogen and oxygen atoms in total. The Balaban J connectivity index is 1.53. The van der Waals surface area contributed by atoms with Crippen LogP contribution < -0.4 is 15.4 Å². The lowest BCUT2D eigenvalue weighted by molar-refractivity contribution is 0.252. The summed E-state index contributed by atoms with van der Waals surface area (Å²) in [4.78, 5) is 13.4. The zero-order chi connectivity index (χ0) is 24.4. The topological polar surface area (TPSA) is 95.8 Å². The van der Waals surface area contributed by atoms with Crippen molar-refractivity contribution in [1.82, 2.24) is 14.5 Å². The Bertz CT molecular complexity index is 1110. The number of aliphatic imine (C=N–C) groups is 1. The normalized spacial score (nSPS) is 17.9. The molecule has 2 aromatic rings. The van der Waals surface area contributed by atoms with Crippen molar-refractivity contribution in [2.75, 3.05) is 38.2 Å². The molecule has 0 bridgehead atoms. The fourth-order valence-electron chi connectivity index (χ4n) is 4.47. The van der Waals surface area contributed by atoms with E-state index in [1.54, 1.807) is 22.9 Å². The summed E-state index contributed by atoms with van der Waals surface area (Å²) in [5.74, 6) is 0.836. The molecule has 0 radical (unpaired) electrons. The monoisotopic (exact) mass is 467 g/mol. The number of anilines is 1. The summed E-state index contributed by atoms with van der Waals surface area (Å²) in [6, 6.07) is 3.59. The number of likely N-dealkylation sites (tertiary alicyclic amines) is 1. The summed E-state index contributed by atoms with van der Waals surface area (Å²) in [6.07, 6.45) is 7.16. The summed E-state index contributed by atoms with van der Waals surface area (Å²) in [5.41, 5.74) is 8.69. The smallest absolute Gasteiger partial charge is 0.231 e. The fourth-order valence-corrected chi connectivity index (χ4v) is 4.47. The van der Waals surface area contributed by atoms with Gasteiger partial charge in [0, 0.05) is 36.5 Å². The van der Waals surface area contributed by atoms with Crippen LogP contribution in [0.25, 0.3) is 11.3 Å². The second-order valence-electron chi connectivity index (χ2n) is 9.38. The van der Waals surface area contributed by atoms with E-state index in [0.717, 1.165) is 31.6 Å². The first-order valence-corrected chi connectivity index (χ1v) is 11.8. The standard InChI is InChI=1S/C25H34FN7O/c1-16(2)33-11-12-34-24-19(26)13-18(14-22(24)33)21-15-32(4)25(29-21)30-23(28)6-5-20(27)17-7-9-31(3)10-8-17/h5-6,13-17,27H,7-12H2,1-4H3,(H2,28,29,30)/b6-5-,27-20?. The lowest BCUT2D eigenvalue weighted by Gasteiger charge is -2.34. The lowest BCUT2D eigenvalue weighted by atomic mass is 9.92. The molecule has 34 heavy (non-hydrogen) atoms. The van der Waals surface area contributed by atoms with E-state index in [1.807, 2.05) is 13.1 Å². The maximum absolute atomic E-state index is 14.9. The van der Waals surface area contributed by atoms with Crippen LogP contribution in [0, 0.1) is 17.1 Å². The number of piperidine rings is 1. The SMILES string of the molecule is CC(C)N1CCOc2c(F)cc(-c3cn(C)c(/N=C(N)\C=C/C(=N)C4CCN(C)CC4)n3)cc21. The molecular formula is C25H34FN7O. The van der Waals surface area contributed by atoms with E-state index in [2.05, 4.69) is 40.7 Å². The Morgan fingerprint density at radius 3 is 2.68 bits per heavy atom. The third-order valence-corrected chi connectivity index (χ3v) is 6.50. The van der Waals surface area contributed by atoms with Gasteiger partial charge in [0.1, 0.15) is 12.4 Å². The first-order valence-electron chi connectivity index (χ1n) is 11.8. The maximum Gasteiger partial charge on any atom is 0.231 e. The minimum absolute atomic E-state index is 0.223. The molecule has 2 aliphatic heterocycles. The molecule has 0 atom stereocenters. The van der Waals surface area contributed by atoms with E-state index in [9.17, 15) is 4.39 Å². The van der Waals surface area contributed by atoms with Crippen molar-refractivity contribution in [2.24, 2.45) is 23.7 Å². The Morgan fingerprint density at radius 1 is 1.24 bits per heavy atom. The maximum atomic E-state index is 14.9. The summed E-state index contributed by atoms with van der Waals surface area (Å²) >= 11 is 0. The summed E-state index contributed by atoms with van der Waals surface area (Å²) < 4.78 is 22.2. The van der Waals surface area contributed by atoms with Crippen LogP contribution in [-0.4, -0.2) is 65.3 Å². The number of allylic oxidation sites excluding steroid dienone is 1. The lowest BCUT2D eigenvalue weighted by Crippen LogP contribution is -2.38. The van der Waals surface area contributed by atoms with E-state index in [1.165, 1.54) is 6.07 Å². The fraction of sp³-hybridized carbons (Fsp3) is 0.480. The predicted molar refractivity (Wildman–Crippen MR) is 135 cm³/mol. The largest absolute Gasteiger partial charge is 0.486 e. The molecule has 0 amide bonds. The average molecular weight is 468 g/mol. The number of aromatic nitrogens is 2. The number of amidine groups is 1. The highest BCUT2D eigenvalue weighted by Crippen LogP contribution is 2.39. The summed E-state index contributed by atoms with van der Waals surface area (Å²) in [7, 11) is 3.93. The van der Waals surface area contributed by atoms with Crippen LogP contribution in [0.15, 0.2) is 35.5 Å². The van der Waals surface area contributed by atoms with E-state index < -0.39 is 5.82 Å². The number of imidazole rings is 1. The van der Waals surface area contributed by atoms with Gasteiger partial charge in [-0.2, -0.15) is 4.99 Å². The molecule has 3 N–H and O–H groups in total. The van der Waals surface area contributed by atoms with E-state index in [-0.39, 0.29) is 17.8 Å². The van der Waals surface area contributed by atoms with Crippen LogP contribution in [-0.2, 0) is 7.05 Å². The molecule has 0 aliphatic carbocycles. The van der Waals surface area contributed by atoms with Crippen molar-refractivity contribution >= 4 is 23.2 Å². The number of nitrogens with one attached hydrogen (secondary N) is 1. The van der Waals surface area contributed by atoms with Gasteiger partial charge in [0.15, 0.2) is 11.6 Å². The van der Waals surface area contributed by atoms with Gasteiger partial charge in [-0.05, 0) is 71.1 Å². The van der Waals surface area contributed by atoms with E-state index in [0.29, 0.717) is 41.8 Å². The molecule has 2 aliphatic rings. The third-order valence-electron chi connectivity index (χ3n) is 6.50. The number of fused-ring (bicyclic) bond motifs is 1. The van der Waals surface area contributed by atoms with Crippen molar-refractivity contribution in [1.29, 1.82) is 5.41 Å². The molecule has 0 spiro atoms. The minimum Gasteiger partial charge on any atom is -0.486 e. The molecule has 4 rings (SSSR count). The predicted octanol–water partition coefficient (Wildman–Crippen LogP) is 3.74. The molecule has 1 aromatic carbocycles. The van der Waals surface area contributed by atoms with Crippen molar-refractivity contribution in [2.45, 2.75) is 32.7 Å². The van der Waals surface area contributed by atoms with Gasteiger partial charge >= 0.3 is 0 Å². The number of aryl methyl sites for hydroxylation is 1. The van der Waals surface area contributed by atoms with Gasteiger partial charge in [-0.1, -0.05) is 0 Å². The number of rotatable bonds is 6. The number of ether oxygens (including phenoxy) is 1. The number of benzene rings is 1. The first kappa shape index (κ1) is 23.9. The Labute approximate surface area is 200 Å². The highest BCUT2D eigenvalue weighted by molar-refractivity contribution is 6.02. The van der Waals surface area contributed by atoms with Crippen molar-refractivity contribution in [3.63, 3.8) is 0 Å². The second kappa shape index (κ2) is 9.97. The number of hydrogen-bond acceptors (Lipinski definition) is 6. The van der Waals surface area contributed by atoms with Crippen LogP contribution >= 0.6 is 0 Å². The highest BCUT2D eigenvalue weighted by Gasteiger charge is 2.25. The van der Waals surface area contributed by atoms with Crippen molar-refractivity contribution < 1.29 is 9.13 Å². The molecule has 1 aromatic heterocycles. The van der Waals surface area contributed by atoms with Gasteiger partial charge in [-0.15, -0.1) is 0 Å². The molecule has 182 valence electrons. The zero-order valence-electron chi connectivity index (χ0n) is 20.4. The number of nitrogens with zero attached hydrogens (tertiary/aromatic N) is 5. The van der Waals surface area contributed by atoms with Crippen LogP contribution in [0.3, 0.4) is 0 Å². The summed E-state index contributed by atoms with van der Waals surface area (Å²) in [5, 5.41) is 8.34. The van der Waals surface area contributed by atoms with Crippen LogP contribution in [0.4, 0.5) is 16.0 Å².